The second-order valence-corrected chi connectivity index (χ2v) is 10.2. The summed E-state index contributed by atoms with van der Waals surface area (Å²) in [6.45, 7) is 12.8. The average molecular weight is 491 g/mol. The van der Waals surface area contributed by atoms with Gasteiger partial charge < -0.3 is 20.1 Å². The highest BCUT2D eigenvalue weighted by Gasteiger charge is 2.39. The first kappa shape index (κ1) is 27.4. The van der Waals surface area contributed by atoms with Gasteiger partial charge in [0, 0.05) is 22.0 Å². The van der Waals surface area contributed by atoms with Gasteiger partial charge in [0.15, 0.2) is 0 Å². The van der Waals surface area contributed by atoms with Gasteiger partial charge in [-0.05, 0) is 58.6 Å². The summed E-state index contributed by atoms with van der Waals surface area (Å²) in [6.07, 6.45) is 0.399. The van der Waals surface area contributed by atoms with Crippen LogP contribution in [0.3, 0.4) is 0 Å². The molecule has 0 spiro atoms. The lowest BCUT2D eigenvalue weighted by Gasteiger charge is -2.32. The monoisotopic (exact) mass is 490 g/mol. The molecule has 1 heterocycles. The van der Waals surface area contributed by atoms with Gasteiger partial charge in [-0.15, -0.1) is 0 Å². The maximum absolute atomic E-state index is 13.7. The molecule has 1 aliphatic rings. The van der Waals surface area contributed by atoms with Crippen molar-refractivity contribution in [3.05, 3.63) is 57.4 Å². The zero-order valence-corrected chi connectivity index (χ0v) is 21.9. The third-order valence-corrected chi connectivity index (χ3v) is 5.67. The summed E-state index contributed by atoms with van der Waals surface area (Å²) in [5.41, 5.74) is 1.58. The second-order valence-electron chi connectivity index (χ2n) is 9.84. The summed E-state index contributed by atoms with van der Waals surface area (Å²) < 4.78 is 10.6. The summed E-state index contributed by atoms with van der Waals surface area (Å²) in [7, 11) is 1.29. The van der Waals surface area contributed by atoms with E-state index in [9.17, 15) is 14.4 Å². The maximum Gasteiger partial charge on any atom is 0.336 e. The van der Waals surface area contributed by atoms with Crippen LogP contribution < -0.4 is 10.6 Å². The van der Waals surface area contributed by atoms with Gasteiger partial charge in [0.05, 0.1) is 18.6 Å². The minimum Gasteiger partial charge on any atom is -0.466 e. The summed E-state index contributed by atoms with van der Waals surface area (Å²) >= 11 is 6.51. The number of halogens is 1. The molecule has 0 aromatic heterocycles. The number of esters is 2. The molecule has 0 radical (unpaired) electrons. The second kappa shape index (κ2) is 11.1. The molecule has 2 rings (SSSR count). The molecule has 0 aliphatic carbocycles. The van der Waals surface area contributed by atoms with Gasteiger partial charge >= 0.3 is 11.9 Å². The van der Waals surface area contributed by atoms with Gasteiger partial charge in [0.2, 0.25) is 0 Å². The number of amides is 1. The Morgan fingerprint density at radius 3 is 2.21 bits per heavy atom. The molecule has 0 fully saturated rings. The van der Waals surface area contributed by atoms with Crippen molar-refractivity contribution in [2.24, 2.45) is 5.92 Å². The molecule has 1 aromatic carbocycles. The van der Waals surface area contributed by atoms with Crippen molar-refractivity contribution in [2.45, 2.75) is 72.4 Å². The number of carbonyl (C=O) groups excluding carboxylic acids is 3. The fourth-order valence-corrected chi connectivity index (χ4v) is 4.23. The molecule has 0 bridgehead atoms. The van der Waals surface area contributed by atoms with E-state index in [1.807, 2.05) is 13.8 Å². The summed E-state index contributed by atoms with van der Waals surface area (Å²) in [5.74, 6) is -2.21. The van der Waals surface area contributed by atoms with Crippen LogP contribution in [-0.2, 0) is 23.9 Å². The Morgan fingerprint density at radius 1 is 1.09 bits per heavy atom. The van der Waals surface area contributed by atoms with Crippen LogP contribution in [-0.4, -0.2) is 36.6 Å². The molecule has 2 atom stereocenters. The molecule has 8 heteroatoms. The normalized spacial score (nSPS) is 17.3. The number of dihydropyridines is 1. The van der Waals surface area contributed by atoms with E-state index in [1.165, 1.54) is 7.11 Å². The number of allylic oxidation sites excluding steroid dienone is 2. The van der Waals surface area contributed by atoms with Gasteiger partial charge in [-0.25, -0.2) is 9.59 Å². The quantitative estimate of drug-likeness (QED) is 0.541. The van der Waals surface area contributed by atoms with E-state index in [4.69, 9.17) is 21.1 Å². The predicted octanol–water partition coefficient (Wildman–Crippen LogP) is 4.62. The standard InChI is InChI=1S/C26H35ClN2O5/c1-14(2)13-19(24(31)34-26(5,6)7)29-23(30)20-15(3)28-16(4)21(25(32)33-8)22(20)17-11-9-10-12-18(17)27/h9-12,14,19,22,28H,13H2,1-8H3,(H,29,30). The molecule has 186 valence electrons. The zero-order valence-electron chi connectivity index (χ0n) is 21.2. The Bertz CT molecular complexity index is 1020. The van der Waals surface area contributed by atoms with Crippen molar-refractivity contribution >= 4 is 29.4 Å². The third-order valence-electron chi connectivity index (χ3n) is 5.33. The zero-order chi connectivity index (χ0) is 25.8. The van der Waals surface area contributed by atoms with Crippen LogP contribution in [0.25, 0.3) is 0 Å². The Hall–Kier alpha value is -2.80. The molecule has 0 saturated heterocycles. The molecule has 1 amide bonds. The molecule has 2 unspecified atom stereocenters. The summed E-state index contributed by atoms with van der Waals surface area (Å²) in [5, 5.41) is 6.38. The highest BCUT2D eigenvalue weighted by Crippen LogP contribution is 2.41. The lowest BCUT2D eigenvalue weighted by Crippen LogP contribution is -2.47. The van der Waals surface area contributed by atoms with E-state index >= 15 is 0 Å². The van der Waals surface area contributed by atoms with Crippen molar-refractivity contribution in [2.75, 3.05) is 7.11 Å². The van der Waals surface area contributed by atoms with E-state index in [2.05, 4.69) is 10.6 Å². The summed E-state index contributed by atoms with van der Waals surface area (Å²) in [4.78, 5) is 39.4. The first-order valence-corrected chi connectivity index (χ1v) is 11.7. The molecule has 1 aliphatic heterocycles. The summed E-state index contributed by atoms with van der Waals surface area (Å²) in [6, 6.07) is 6.19. The first-order valence-electron chi connectivity index (χ1n) is 11.3. The van der Waals surface area contributed by atoms with Crippen LogP contribution in [0.5, 0.6) is 0 Å². The third kappa shape index (κ3) is 6.63. The Kier molecular flexibility index (Phi) is 8.95. The van der Waals surface area contributed by atoms with E-state index in [0.29, 0.717) is 28.4 Å². The van der Waals surface area contributed by atoms with Gasteiger partial charge in [0.1, 0.15) is 11.6 Å². The van der Waals surface area contributed by atoms with Crippen molar-refractivity contribution < 1.29 is 23.9 Å². The Morgan fingerprint density at radius 2 is 1.68 bits per heavy atom. The highest BCUT2D eigenvalue weighted by atomic mass is 35.5. The number of nitrogens with one attached hydrogen (secondary N) is 2. The number of carbonyl (C=O) groups is 3. The molecule has 7 nitrogen and oxygen atoms in total. The largest absolute Gasteiger partial charge is 0.466 e. The number of ether oxygens (including phenoxy) is 2. The maximum atomic E-state index is 13.7. The smallest absolute Gasteiger partial charge is 0.336 e. The van der Waals surface area contributed by atoms with Crippen LogP contribution in [0, 0.1) is 5.92 Å². The van der Waals surface area contributed by atoms with Gasteiger partial charge in [-0.3, -0.25) is 4.79 Å². The van der Waals surface area contributed by atoms with Crippen LogP contribution in [0.15, 0.2) is 46.8 Å². The number of methoxy groups -OCH3 is 1. The van der Waals surface area contributed by atoms with E-state index in [0.717, 1.165) is 0 Å². The fraction of sp³-hybridized carbons (Fsp3) is 0.500. The Balaban J connectivity index is 2.55. The van der Waals surface area contributed by atoms with Crippen molar-refractivity contribution in [1.29, 1.82) is 0 Å². The molecular formula is C26H35ClN2O5. The molecule has 34 heavy (non-hydrogen) atoms. The highest BCUT2D eigenvalue weighted by molar-refractivity contribution is 6.31. The molecular weight excluding hydrogens is 456 g/mol. The lowest BCUT2D eigenvalue weighted by atomic mass is 9.80. The molecule has 2 N–H and O–H groups in total. The van der Waals surface area contributed by atoms with Gasteiger partial charge in [-0.2, -0.15) is 0 Å². The van der Waals surface area contributed by atoms with Crippen LogP contribution in [0.4, 0.5) is 0 Å². The SMILES string of the molecule is COC(=O)C1=C(C)NC(C)=C(C(=O)NC(CC(C)C)C(=O)OC(C)(C)C)C1c1ccccc1Cl. The predicted molar refractivity (Wildman–Crippen MR) is 132 cm³/mol. The topological polar surface area (TPSA) is 93.7 Å². The van der Waals surface area contributed by atoms with Crippen molar-refractivity contribution in [3.8, 4) is 0 Å². The number of benzene rings is 1. The van der Waals surface area contributed by atoms with Gasteiger partial charge in [0.25, 0.3) is 5.91 Å². The minimum absolute atomic E-state index is 0.129. The van der Waals surface area contributed by atoms with Crippen LogP contribution >= 0.6 is 11.6 Å². The van der Waals surface area contributed by atoms with Gasteiger partial charge in [-0.1, -0.05) is 43.6 Å². The Labute approximate surface area is 206 Å². The van der Waals surface area contributed by atoms with E-state index in [1.54, 1.807) is 58.9 Å². The van der Waals surface area contributed by atoms with E-state index < -0.39 is 35.4 Å². The minimum atomic E-state index is -0.854. The molecule has 0 saturated carbocycles. The van der Waals surface area contributed by atoms with Crippen molar-refractivity contribution in [3.63, 3.8) is 0 Å². The number of rotatable bonds is 7. The van der Waals surface area contributed by atoms with Crippen molar-refractivity contribution in [1.82, 2.24) is 10.6 Å². The number of hydrogen-bond acceptors (Lipinski definition) is 6. The van der Waals surface area contributed by atoms with E-state index in [-0.39, 0.29) is 17.1 Å². The lowest BCUT2D eigenvalue weighted by molar-refractivity contribution is -0.159. The van der Waals surface area contributed by atoms with Crippen LogP contribution in [0.1, 0.15) is 66.4 Å². The molecule has 1 aromatic rings. The van der Waals surface area contributed by atoms with Crippen LogP contribution in [0.2, 0.25) is 5.02 Å². The fourth-order valence-electron chi connectivity index (χ4n) is 3.99. The first-order chi connectivity index (χ1) is 15.8. The number of hydrogen-bond donors (Lipinski definition) is 2. The average Bonchev–Trinajstić information content (AvgIpc) is 2.71.